The maximum absolute atomic E-state index is 13.4. The molecule has 0 spiro atoms. The lowest BCUT2D eigenvalue weighted by Gasteiger charge is -2.27. The van der Waals surface area contributed by atoms with Gasteiger partial charge in [-0.2, -0.15) is 0 Å². The van der Waals surface area contributed by atoms with E-state index in [1.54, 1.807) is 0 Å². The van der Waals surface area contributed by atoms with Crippen LogP contribution in [0, 0.1) is 6.92 Å². The lowest BCUT2D eigenvalue weighted by Crippen LogP contribution is -2.38. The van der Waals surface area contributed by atoms with E-state index in [1.807, 2.05) is 59.5 Å². The van der Waals surface area contributed by atoms with Crippen LogP contribution in [-0.2, 0) is 17.9 Å². The molecule has 0 atom stereocenters. The topological polar surface area (TPSA) is 38.1 Å². The van der Waals surface area contributed by atoms with E-state index in [0.29, 0.717) is 6.54 Å². The van der Waals surface area contributed by atoms with Gasteiger partial charge in [-0.1, -0.05) is 66.7 Å². The summed E-state index contributed by atoms with van der Waals surface area (Å²) < 4.78 is 2.06. The predicted molar refractivity (Wildman–Crippen MR) is 122 cm³/mol. The Balaban J connectivity index is 1.72. The number of benzene rings is 3. The zero-order chi connectivity index (χ0) is 21.1. The smallest absolute Gasteiger partial charge is 0.243 e. The monoisotopic (exact) mass is 397 g/mol. The molecule has 4 nitrogen and oxygen atoms in total. The van der Waals surface area contributed by atoms with Gasteiger partial charge in [-0.15, -0.1) is 0 Å². The normalized spacial score (nSPS) is 11.2. The summed E-state index contributed by atoms with van der Waals surface area (Å²) >= 11 is 0. The Bertz CT molecular complexity index is 1160. The summed E-state index contributed by atoms with van der Waals surface area (Å²) in [6, 6.07) is 26.5. The highest BCUT2D eigenvalue weighted by Crippen LogP contribution is 2.27. The molecule has 0 fully saturated rings. The Labute approximate surface area is 177 Å². The number of para-hydroxylation sites is 2. The van der Waals surface area contributed by atoms with E-state index >= 15 is 0 Å². The second-order valence-electron chi connectivity index (χ2n) is 7.93. The first kappa shape index (κ1) is 19.9. The standard InChI is InChI=1S/C26H27N3O/c1-19(2)28(17-21-12-5-4-6-13-21)25(30)18-29-24-16-10-9-15-23(24)27-26(29)22-14-8-7-11-20(22)3/h4-16,19H,17-18H2,1-3H3. The molecule has 152 valence electrons. The van der Waals surface area contributed by atoms with Gasteiger partial charge in [0.05, 0.1) is 11.0 Å². The molecule has 0 unspecified atom stereocenters. The molecule has 3 aromatic carbocycles. The van der Waals surface area contributed by atoms with Crippen molar-refractivity contribution in [2.75, 3.05) is 0 Å². The summed E-state index contributed by atoms with van der Waals surface area (Å²) in [4.78, 5) is 20.3. The second kappa shape index (κ2) is 8.54. The summed E-state index contributed by atoms with van der Waals surface area (Å²) in [5, 5.41) is 0. The molecular weight excluding hydrogens is 370 g/mol. The minimum Gasteiger partial charge on any atom is -0.334 e. The molecule has 0 saturated carbocycles. The van der Waals surface area contributed by atoms with Gasteiger partial charge in [0.1, 0.15) is 12.4 Å². The first-order chi connectivity index (χ1) is 14.5. The Morgan fingerprint density at radius 3 is 2.33 bits per heavy atom. The highest BCUT2D eigenvalue weighted by Gasteiger charge is 2.21. The quantitative estimate of drug-likeness (QED) is 0.434. The largest absolute Gasteiger partial charge is 0.334 e. The van der Waals surface area contributed by atoms with Crippen LogP contribution in [0.3, 0.4) is 0 Å². The van der Waals surface area contributed by atoms with Crippen molar-refractivity contribution in [3.05, 3.63) is 90.0 Å². The Morgan fingerprint density at radius 1 is 0.933 bits per heavy atom. The number of amides is 1. The summed E-state index contributed by atoms with van der Waals surface area (Å²) in [5.41, 5.74) is 5.22. The van der Waals surface area contributed by atoms with Crippen molar-refractivity contribution in [1.29, 1.82) is 0 Å². The maximum atomic E-state index is 13.4. The SMILES string of the molecule is Cc1ccccc1-c1nc2ccccc2n1CC(=O)N(Cc1ccccc1)C(C)C. The number of hydrogen-bond donors (Lipinski definition) is 0. The average Bonchev–Trinajstić information content (AvgIpc) is 3.11. The van der Waals surface area contributed by atoms with Crippen LogP contribution in [0.2, 0.25) is 0 Å². The molecule has 0 bridgehead atoms. The molecule has 4 rings (SSSR count). The Morgan fingerprint density at radius 2 is 1.60 bits per heavy atom. The van der Waals surface area contributed by atoms with Crippen molar-refractivity contribution in [3.63, 3.8) is 0 Å². The third kappa shape index (κ3) is 3.99. The minimum absolute atomic E-state index is 0.0897. The van der Waals surface area contributed by atoms with E-state index < -0.39 is 0 Å². The van der Waals surface area contributed by atoms with Gasteiger partial charge in [0.15, 0.2) is 0 Å². The zero-order valence-corrected chi connectivity index (χ0v) is 17.7. The molecule has 0 saturated heterocycles. The number of nitrogens with zero attached hydrogens (tertiary/aromatic N) is 3. The van der Waals surface area contributed by atoms with Gasteiger partial charge >= 0.3 is 0 Å². The van der Waals surface area contributed by atoms with Gasteiger partial charge < -0.3 is 9.47 Å². The van der Waals surface area contributed by atoms with E-state index in [2.05, 4.69) is 49.6 Å². The summed E-state index contributed by atoms with van der Waals surface area (Å²) in [5.74, 6) is 0.929. The van der Waals surface area contributed by atoms with Crippen LogP contribution in [0.5, 0.6) is 0 Å². The van der Waals surface area contributed by atoms with E-state index in [4.69, 9.17) is 4.98 Å². The van der Waals surface area contributed by atoms with E-state index in [-0.39, 0.29) is 18.5 Å². The number of aromatic nitrogens is 2. The van der Waals surface area contributed by atoms with Crippen LogP contribution in [0.4, 0.5) is 0 Å². The van der Waals surface area contributed by atoms with Gasteiger partial charge in [0, 0.05) is 18.2 Å². The van der Waals surface area contributed by atoms with Crippen LogP contribution < -0.4 is 0 Å². The number of fused-ring (bicyclic) bond motifs is 1. The lowest BCUT2D eigenvalue weighted by molar-refractivity contribution is -0.134. The highest BCUT2D eigenvalue weighted by atomic mass is 16.2. The van der Waals surface area contributed by atoms with E-state index in [0.717, 1.165) is 33.5 Å². The van der Waals surface area contributed by atoms with Gasteiger partial charge in [-0.05, 0) is 44.0 Å². The highest BCUT2D eigenvalue weighted by molar-refractivity contribution is 5.85. The summed E-state index contributed by atoms with van der Waals surface area (Å²) in [6.45, 7) is 7.07. The molecular formula is C26H27N3O. The number of hydrogen-bond acceptors (Lipinski definition) is 2. The molecule has 4 aromatic rings. The van der Waals surface area contributed by atoms with Crippen molar-refractivity contribution in [3.8, 4) is 11.4 Å². The number of carbonyl (C=O) groups excluding carboxylic acids is 1. The maximum Gasteiger partial charge on any atom is 0.243 e. The fourth-order valence-corrected chi connectivity index (χ4v) is 3.83. The molecule has 1 heterocycles. The van der Waals surface area contributed by atoms with Crippen LogP contribution in [0.15, 0.2) is 78.9 Å². The average molecular weight is 398 g/mol. The molecule has 30 heavy (non-hydrogen) atoms. The molecule has 4 heteroatoms. The molecule has 0 aliphatic carbocycles. The van der Waals surface area contributed by atoms with Crippen molar-refractivity contribution >= 4 is 16.9 Å². The minimum atomic E-state index is 0.0897. The van der Waals surface area contributed by atoms with Crippen molar-refractivity contribution in [2.24, 2.45) is 0 Å². The van der Waals surface area contributed by atoms with Crippen LogP contribution >= 0.6 is 0 Å². The molecule has 1 amide bonds. The number of imidazole rings is 1. The molecule has 0 N–H and O–H groups in total. The molecule has 0 aliphatic rings. The van der Waals surface area contributed by atoms with Gasteiger partial charge in [-0.25, -0.2) is 4.98 Å². The molecule has 0 aliphatic heterocycles. The second-order valence-corrected chi connectivity index (χ2v) is 7.93. The zero-order valence-electron chi connectivity index (χ0n) is 17.7. The van der Waals surface area contributed by atoms with Gasteiger partial charge in [-0.3, -0.25) is 4.79 Å². The van der Waals surface area contributed by atoms with E-state index in [9.17, 15) is 4.79 Å². The van der Waals surface area contributed by atoms with Crippen LogP contribution in [0.25, 0.3) is 22.4 Å². The first-order valence-corrected chi connectivity index (χ1v) is 10.4. The van der Waals surface area contributed by atoms with Crippen molar-refractivity contribution < 1.29 is 4.79 Å². The van der Waals surface area contributed by atoms with E-state index in [1.165, 1.54) is 0 Å². The number of aryl methyl sites for hydroxylation is 1. The Hall–Kier alpha value is -3.40. The van der Waals surface area contributed by atoms with Gasteiger partial charge in [0.25, 0.3) is 0 Å². The lowest BCUT2D eigenvalue weighted by atomic mass is 10.1. The number of carbonyl (C=O) groups is 1. The fourth-order valence-electron chi connectivity index (χ4n) is 3.83. The third-order valence-electron chi connectivity index (χ3n) is 5.47. The summed E-state index contributed by atoms with van der Waals surface area (Å²) in [6.07, 6.45) is 0. The molecule has 1 aromatic heterocycles. The first-order valence-electron chi connectivity index (χ1n) is 10.4. The van der Waals surface area contributed by atoms with Crippen LogP contribution in [-0.4, -0.2) is 26.4 Å². The fraction of sp³-hybridized carbons (Fsp3) is 0.231. The number of rotatable bonds is 6. The predicted octanol–water partition coefficient (Wildman–Crippen LogP) is 5.45. The summed E-state index contributed by atoms with van der Waals surface area (Å²) in [7, 11) is 0. The van der Waals surface area contributed by atoms with Crippen LogP contribution in [0.1, 0.15) is 25.0 Å². The van der Waals surface area contributed by atoms with Gasteiger partial charge in [0.2, 0.25) is 5.91 Å². The Kier molecular flexibility index (Phi) is 5.66. The third-order valence-corrected chi connectivity index (χ3v) is 5.47. The van der Waals surface area contributed by atoms with Crippen molar-refractivity contribution in [2.45, 2.75) is 39.9 Å². The van der Waals surface area contributed by atoms with Crippen molar-refractivity contribution in [1.82, 2.24) is 14.5 Å². The molecule has 0 radical (unpaired) electrons.